The zero-order valence-corrected chi connectivity index (χ0v) is 13.7. The molecule has 0 aliphatic rings. The lowest BCUT2D eigenvalue weighted by atomic mass is 10.2. The molecule has 0 atom stereocenters. The quantitative estimate of drug-likeness (QED) is 0.768. The summed E-state index contributed by atoms with van der Waals surface area (Å²) in [6.45, 7) is 2.28. The van der Waals surface area contributed by atoms with Gasteiger partial charge >= 0.3 is 0 Å². The second-order valence-corrected chi connectivity index (χ2v) is 5.75. The van der Waals surface area contributed by atoms with E-state index in [0.29, 0.717) is 15.9 Å². The fourth-order valence-electron chi connectivity index (χ4n) is 1.77. The van der Waals surface area contributed by atoms with E-state index in [1.54, 1.807) is 6.07 Å². The molecule has 0 fully saturated rings. The average Bonchev–Trinajstić information content (AvgIpc) is 2.42. The fraction of sp³-hybridized carbons (Fsp3) is 0.188. The van der Waals surface area contributed by atoms with E-state index in [2.05, 4.69) is 5.32 Å². The number of carbonyl (C=O) groups is 1. The topological polar surface area (TPSA) is 38.3 Å². The molecule has 0 unspecified atom stereocenters. The van der Waals surface area contributed by atoms with E-state index in [1.165, 1.54) is 12.1 Å². The molecule has 0 aliphatic carbocycles. The van der Waals surface area contributed by atoms with Crippen molar-refractivity contribution in [2.45, 2.75) is 13.3 Å². The maximum atomic E-state index is 13.0. The lowest BCUT2D eigenvalue weighted by Crippen LogP contribution is -2.16. The third-order valence-corrected chi connectivity index (χ3v) is 3.69. The van der Waals surface area contributed by atoms with Crippen LogP contribution in [0.2, 0.25) is 0 Å². The van der Waals surface area contributed by atoms with Crippen molar-refractivity contribution in [2.75, 3.05) is 11.9 Å². The van der Waals surface area contributed by atoms with Gasteiger partial charge in [-0.15, -0.1) is 0 Å². The number of hydrogen-bond donors (Lipinski definition) is 1. The minimum atomic E-state index is -0.319. The standard InChI is InChI=1S/C16H15FINO2/c1-11-3-2-4-13(9-11)21-8-7-16(20)19-15-6-5-12(17)10-14(15)18/h2-6,9-10H,7-8H2,1H3,(H,19,20). The highest BCUT2D eigenvalue weighted by Crippen LogP contribution is 2.19. The maximum absolute atomic E-state index is 13.0. The SMILES string of the molecule is Cc1cccc(OCCC(=O)Nc2ccc(F)cc2I)c1. The smallest absolute Gasteiger partial charge is 0.227 e. The lowest BCUT2D eigenvalue weighted by Gasteiger charge is -2.09. The van der Waals surface area contributed by atoms with Crippen LogP contribution in [0, 0.1) is 16.3 Å². The van der Waals surface area contributed by atoms with Gasteiger partial charge in [-0.25, -0.2) is 4.39 Å². The summed E-state index contributed by atoms with van der Waals surface area (Å²) in [5.74, 6) is 0.270. The first kappa shape index (κ1) is 15.8. The summed E-state index contributed by atoms with van der Waals surface area (Å²) in [4.78, 5) is 11.8. The first-order chi connectivity index (χ1) is 10.0. The number of amides is 1. The number of rotatable bonds is 5. The molecule has 0 saturated heterocycles. The van der Waals surface area contributed by atoms with Crippen molar-refractivity contribution in [1.29, 1.82) is 0 Å². The molecule has 1 N–H and O–H groups in total. The number of nitrogens with one attached hydrogen (secondary N) is 1. The molecule has 0 radical (unpaired) electrons. The number of aryl methyl sites for hydroxylation is 1. The summed E-state index contributed by atoms with van der Waals surface area (Å²) < 4.78 is 19.2. The van der Waals surface area contributed by atoms with Gasteiger partial charge in [0.15, 0.2) is 0 Å². The van der Waals surface area contributed by atoms with Crippen LogP contribution < -0.4 is 10.1 Å². The molecule has 0 aromatic heterocycles. The predicted octanol–water partition coefficient (Wildman–Crippen LogP) is 4.15. The number of hydrogen-bond acceptors (Lipinski definition) is 2. The number of carbonyl (C=O) groups excluding carboxylic acids is 1. The van der Waals surface area contributed by atoms with Gasteiger partial charge in [0, 0.05) is 3.57 Å². The molecule has 0 aliphatic heterocycles. The van der Waals surface area contributed by atoms with Crippen molar-refractivity contribution in [2.24, 2.45) is 0 Å². The highest BCUT2D eigenvalue weighted by molar-refractivity contribution is 14.1. The van der Waals surface area contributed by atoms with Crippen molar-refractivity contribution >= 4 is 34.2 Å². The number of ether oxygens (including phenoxy) is 1. The Balaban J connectivity index is 1.82. The van der Waals surface area contributed by atoms with E-state index >= 15 is 0 Å². The summed E-state index contributed by atoms with van der Waals surface area (Å²) in [6.07, 6.45) is 0.237. The van der Waals surface area contributed by atoms with E-state index in [0.717, 1.165) is 11.3 Å². The molecule has 2 rings (SSSR count). The van der Waals surface area contributed by atoms with E-state index in [1.807, 2.05) is 53.8 Å². The molecule has 0 saturated carbocycles. The Kier molecular flexibility index (Phi) is 5.55. The average molecular weight is 399 g/mol. The summed E-state index contributed by atoms with van der Waals surface area (Å²) in [5, 5.41) is 2.74. The number of anilines is 1. The summed E-state index contributed by atoms with van der Waals surface area (Å²) in [6, 6.07) is 11.9. The first-order valence-electron chi connectivity index (χ1n) is 6.49. The van der Waals surface area contributed by atoms with Crippen molar-refractivity contribution in [1.82, 2.24) is 0 Å². The molecule has 3 nitrogen and oxygen atoms in total. The van der Waals surface area contributed by atoms with Crippen molar-refractivity contribution in [3.8, 4) is 5.75 Å². The largest absolute Gasteiger partial charge is 0.493 e. The minimum absolute atomic E-state index is 0.160. The van der Waals surface area contributed by atoms with Gasteiger partial charge in [0.2, 0.25) is 5.91 Å². The predicted molar refractivity (Wildman–Crippen MR) is 89.0 cm³/mol. The summed E-state index contributed by atoms with van der Waals surface area (Å²) in [7, 11) is 0. The molecule has 110 valence electrons. The third kappa shape index (κ3) is 5.00. The molecule has 0 heterocycles. The molecule has 0 spiro atoms. The van der Waals surface area contributed by atoms with Crippen LogP contribution >= 0.6 is 22.6 Å². The van der Waals surface area contributed by atoms with Crippen LogP contribution in [-0.4, -0.2) is 12.5 Å². The molecule has 5 heteroatoms. The summed E-state index contributed by atoms with van der Waals surface area (Å²) in [5.41, 5.74) is 1.72. The molecular weight excluding hydrogens is 384 g/mol. The Morgan fingerprint density at radius 2 is 2.10 bits per heavy atom. The number of halogens is 2. The third-order valence-electron chi connectivity index (χ3n) is 2.79. The normalized spacial score (nSPS) is 10.2. The van der Waals surface area contributed by atoms with Crippen LogP contribution in [0.15, 0.2) is 42.5 Å². The Hall–Kier alpha value is -1.63. The Labute approximate surface area is 136 Å². The van der Waals surface area contributed by atoms with Gasteiger partial charge in [-0.2, -0.15) is 0 Å². The Morgan fingerprint density at radius 3 is 2.81 bits per heavy atom. The van der Waals surface area contributed by atoms with E-state index < -0.39 is 0 Å². The van der Waals surface area contributed by atoms with Gasteiger partial charge in [0.05, 0.1) is 18.7 Å². The van der Waals surface area contributed by atoms with E-state index in [4.69, 9.17) is 4.74 Å². The highest BCUT2D eigenvalue weighted by atomic mass is 127. The summed E-state index contributed by atoms with van der Waals surface area (Å²) >= 11 is 1.98. The van der Waals surface area contributed by atoms with Crippen molar-refractivity contribution < 1.29 is 13.9 Å². The lowest BCUT2D eigenvalue weighted by molar-refractivity contribution is -0.116. The van der Waals surface area contributed by atoms with E-state index in [9.17, 15) is 9.18 Å². The van der Waals surface area contributed by atoms with Gasteiger partial charge in [0.25, 0.3) is 0 Å². The van der Waals surface area contributed by atoms with Gasteiger partial charge in [-0.1, -0.05) is 12.1 Å². The van der Waals surface area contributed by atoms with Gasteiger partial charge in [-0.3, -0.25) is 4.79 Å². The monoisotopic (exact) mass is 399 g/mol. The van der Waals surface area contributed by atoms with Crippen molar-refractivity contribution in [3.63, 3.8) is 0 Å². The van der Waals surface area contributed by atoms with Crippen LogP contribution in [0.3, 0.4) is 0 Å². The maximum Gasteiger partial charge on any atom is 0.227 e. The van der Waals surface area contributed by atoms with E-state index in [-0.39, 0.29) is 18.1 Å². The fourth-order valence-corrected chi connectivity index (χ4v) is 2.38. The van der Waals surface area contributed by atoms with Crippen LogP contribution in [0.1, 0.15) is 12.0 Å². The molecule has 21 heavy (non-hydrogen) atoms. The van der Waals surface area contributed by atoms with Gasteiger partial charge < -0.3 is 10.1 Å². The Bertz CT molecular complexity index is 646. The molecular formula is C16H15FINO2. The minimum Gasteiger partial charge on any atom is -0.493 e. The molecule has 1 amide bonds. The van der Waals surface area contributed by atoms with Gasteiger partial charge in [-0.05, 0) is 65.4 Å². The van der Waals surface area contributed by atoms with Crippen LogP contribution in [-0.2, 0) is 4.79 Å². The van der Waals surface area contributed by atoms with Crippen LogP contribution in [0.25, 0.3) is 0 Å². The van der Waals surface area contributed by atoms with Crippen molar-refractivity contribution in [3.05, 3.63) is 57.4 Å². The molecule has 2 aromatic carbocycles. The number of benzene rings is 2. The molecule has 0 bridgehead atoms. The van der Waals surface area contributed by atoms with Crippen LogP contribution in [0.5, 0.6) is 5.75 Å². The zero-order valence-electron chi connectivity index (χ0n) is 11.5. The second-order valence-electron chi connectivity index (χ2n) is 4.59. The Morgan fingerprint density at radius 1 is 1.29 bits per heavy atom. The first-order valence-corrected chi connectivity index (χ1v) is 7.57. The second kappa shape index (κ2) is 7.40. The zero-order chi connectivity index (χ0) is 15.2. The van der Waals surface area contributed by atoms with Gasteiger partial charge in [0.1, 0.15) is 11.6 Å². The highest BCUT2D eigenvalue weighted by Gasteiger charge is 2.07. The molecule has 2 aromatic rings. The van der Waals surface area contributed by atoms with Crippen LogP contribution in [0.4, 0.5) is 10.1 Å².